The van der Waals surface area contributed by atoms with Crippen LogP contribution in [0.2, 0.25) is 0 Å². The van der Waals surface area contributed by atoms with E-state index >= 15 is 0 Å². The largest absolute Gasteiger partial charge is 0.154 e. The monoisotopic (exact) mass is 379 g/mol. The van der Waals surface area contributed by atoms with E-state index in [4.69, 9.17) is 0 Å². The molecular formula is C27H27Si. The van der Waals surface area contributed by atoms with Crippen molar-refractivity contribution in [2.45, 2.75) is 27.2 Å². The van der Waals surface area contributed by atoms with Gasteiger partial charge in [-0.15, -0.1) is 0 Å². The summed E-state index contributed by atoms with van der Waals surface area (Å²) in [5, 5.41) is 4.51. The van der Waals surface area contributed by atoms with Gasteiger partial charge >= 0.3 is 0 Å². The molecule has 4 rings (SSSR count). The molecular weight excluding hydrogens is 352 g/mol. The fourth-order valence-corrected chi connectivity index (χ4v) is 7.30. The highest BCUT2D eigenvalue weighted by Gasteiger charge is 2.30. The maximum Gasteiger partial charge on any atom is 0.154 e. The van der Waals surface area contributed by atoms with Crippen molar-refractivity contribution in [3.8, 4) is 0 Å². The molecule has 1 heteroatoms. The van der Waals surface area contributed by atoms with Gasteiger partial charge in [0.25, 0.3) is 0 Å². The smallest absolute Gasteiger partial charge is 0.0800 e. The lowest BCUT2D eigenvalue weighted by atomic mass is 9.94. The Hall–Kier alpha value is -2.64. The first-order valence-electron chi connectivity index (χ1n) is 10.1. The van der Waals surface area contributed by atoms with Gasteiger partial charge < -0.3 is 0 Å². The maximum atomic E-state index is 2.52. The van der Waals surface area contributed by atoms with Gasteiger partial charge in [-0.05, 0) is 36.0 Å². The van der Waals surface area contributed by atoms with Crippen molar-refractivity contribution in [2.75, 3.05) is 0 Å². The van der Waals surface area contributed by atoms with Gasteiger partial charge in [0.05, 0.1) is 0 Å². The summed E-state index contributed by atoms with van der Waals surface area (Å²) in [4.78, 5) is 0. The Morgan fingerprint density at radius 3 is 1.89 bits per heavy atom. The van der Waals surface area contributed by atoms with Gasteiger partial charge in [-0.25, -0.2) is 0 Å². The maximum absolute atomic E-state index is 2.52. The predicted molar refractivity (Wildman–Crippen MR) is 124 cm³/mol. The molecule has 0 heterocycles. The lowest BCUT2D eigenvalue weighted by molar-refractivity contribution is 0.792. The molecule has 1 aliphatic rings. The Kier molecular flexibility index (Phi) is 5.45. The highest BCUT2D eigenvalue weighted by atomic mass is 28.3. The SMILES string of the molecule is Cc1cccc(C2=C(C(C)C)C([Si](c3ccccc3)c3ccccc3)=CC2)c1. The van der Waals surface area contributed by atoms with Crippen LogP contribution < -0.4 is 10.4 Å². The molecule has 3 aromatic carbocycles. The van der Waals surface area contributed by atoms with Crippen molar-refractivity contribution < 1.29 is 0 Å². The van der Waals surface area contributed by atoms with E-state index in [2.05, 4.69) is 112 Å². The van der Waals surface area contributed by atoms with Crippen LogP contribution in [-0.4, -0.2) is 8.80 Å². The van der Waals surface area contributed by atoms with E-state index < -0.39 is 8.80 Å². The first-order chi connectivity index (χ1) is 13.6. The number of allylic oxidation sites excluding steroid dienone is 4. The van der Waals surface area contributed by atoms with E-state index in [0.717, 1.165) is 6.42 Å². The lowest BCUT2D eigenvalue weighted by Gasteiger charge is -2.23. The molecule has 0 nitrogen and oxygen atoms in total. The van der Waals surface area contributed by atoms with E-state index in [1.807, 2.05) is 0 Å². The normalized spacial score (nSPS) is 14.1. The second-order valence-electron chi connectivity index (χ2n) is 7.85. The summed E-state index contributed by atoms with van der Waals surface area (Å²) >= 11 is 0. The van der Waals surface area contributed by atoms with Gasteiger partial charge in [0, 0.05) is 0 Å². The van der Waals surface area contributed by atoms with Gasteiger partial charge in [0.2, 0.25) is 0 Å². The molecule has 0 unspecified atom stereocenters. The first-order valence-corrected chi connectivity index (χ1v) is 11.6. The molecule has 0 amide bonds. The second-order valence-corrected chi connectivity index (χ2v) is 10.3. The fourth-order valence-electron chi connectivity index (χ4n) is 4.28. The predicted octanol–water partition coefficient (Wildman–Crippen LogP) is 5.58. The molecule has 139 valence electrons. The molecule has 0 fully saturated rings. The molecule has 0 spiro atoms. The Morgan fingerprint density at radius 1 is 0.750 bits per heavy atom. The van der Waals surface area contributed by atoms with Crippen LogP contribution in [0.15, 0.2) is 102 Å². The van der Waals surface area contributed by atoms with Crippen molar-refractivity contribution in [3.05, 3.63) is 113 Å². The van der Waals surface area contributed by atoms with E-state index in [-0.39, 0.29) is 0 Å². The molecule has 0 bridgehead atoms. The standard InChI is InChI=1S/C27H27Si/c1-20(2)27-25(22-12-10-11-21(3)19-22)17-18-26(27)28(23-13-6-4-7-14-23)24-15-8-5-9-16-24/h4-16,18-20H,17H2,1-3H3. The minimum Gasteiger partial charge on any atom is -0.0800 e. The van der Waals surface area contributed by atoms with Crippen LogP contribution in [0.3, 0.4) is 0 Å². The van der Waals surface area contributed by atoms with Crippen molar-refractivity contribution in [2.24, 2.45) is 5.92 Å². The zero-order valence-electron chi connectivity index (χ0n) is 16.9. The molecule has 0 saturated heterocycles. The number of hydrogen-bond donors (Lipinski definition) is 0. The summed E-state index contributed by atoms with van der Waals surface area (Å²) < 4.78 is 0. The van der Waals surface area contributed by atoms with Crippen LogP contribution >= 0.6 is 0 Å². The van der Waals surface area contributed by atoms with Gasteiger partial charge in [-0.3, -0.25) is 0 Å². The second kappa shape index (κ2) is 8.16. The topological polar surface area (TPSA) is 0 Å². The van der Waals surface area contributed by atoms with Crippen LogP contribution in [0.5, 0.6) is 0 Å². The number of benzene rings is 3. The summed E-state index contributed by atoms with van der Waals surface area (Å²) in [6.45, 7) is 6.88. The summed E-state index contributed by atoms with van der Waals surface area (Å²) in [7, 11) is -1.02. The van der Waals surface area contributed by atoms with E-state index in [1.54, 1.807) is 10.8 Å². The Morgan fingerprint density at radius 2 is 1.36 bits per heavy atom. The van der Waals surface area contributed by atoms with Gasteiger partial charge in [0.15, 0.2) is 8.80 Å². The highest BCUT2D eigenvalue weighted by molar-refractivity contribution is 6.91. The number of aryl methyl sites for hydroxylation is 1. The third-order valence-electron chi connectivity index (χ3n) is 5.46. The lowest BCUT2D eigenvalue weighted by Crippen LogP contribution is -2.44. The number of hydrogen-bond acceptors (Lipinski definition) is 0. The zero-order valence-corrected chi connectivity index (χ0v) is 17.9. The zero-order chi connectivity index (χ0) is 19.5. The molecule has 1 aliphatic carbocycles. The van der Waals surface area contributed by atoms with Gasteiger partial charge in [-0.1, -0.05) is 126 Å². The van der Waals surface area contributed by atoms with Crippen molar-refractivity contribution in [3.63, 3.8) is 0 Å². The molecule has 0 aliphatic heterocycles. The first kappa shape index (κ1) is 18.7. The molecule has 3 aromatic rings. The molecule has 0 atom stereocenters. The average Bonchev–Trinajstić information content (AvgIpc) is 3.15. The third-order valence-corrected chi connectivity index (χ3v) is 8.30. The van der Waals surface area contributed by atoms with E-state index in [0.29, 0.717) is 5.92 Å². The van der Waals surface area contributed by atoms with Crippen molar-refractivity contribution in [1.29, 1.82) is 0 Å². The van der Waals surface area contributed by atoms with Gasteiger partial charge in [0.1, 0.15) is 0 Å². The molecule has 0 aromatic heterocycles. The Labute approximate surface area is 170 Å². The third kappa shape index (κ3) is 3.68. The fraction of sp³-hybridized carbons (Fsp3) is 0.185. The summed E-state index contributed by atoms with van der Waals surface area (Å²) in [6, 6.07) is 31.2. The summed E-state index contributed by atoms with van der Waals surface area (Å²) in [6.07, 6.45) is 3.56. The quantitative estimate of drug-likeness (QED) is 0.507. The van der Waals surface area contributed by atoms with Crippen LogP contribution in [0.1, 0.15) is 31.4 Å². The average molecular weight is 380 g/mol. The van der Waals surface area contributed by atoms with E-state index in [1.165, 1.54) is 27.1 Å². The number of rotatable bonds is 5. The van der Waals surface area contributed by atoms with Crippen LogP contribution in [0, 0.1) is 12.8 Å². The van der Waals surface area contributed by atoms with Crippen LogP contribution in [-0.2, 0) is 0 Å². The minimum atomic E-state index is -1.02. The van der Waals surface area contributed by atoms with Crippen molar-refractivity contribution in [1.82, 2.24) is 0 Å². The van der Waals surface area contributed by atoms with Gasteiger partial charge in [-0.2, -0.15) is 0 Å². The van der Waals surface area contributed by atoms with Crippen LogP contribution in [0.25, 0.3) is 5.57 Å². The van der Waals surface area contributed by atoms with Crippen LogP contribution in [0.4, 0.5) is 0 Å². The molecule has 1 radical (unpaired) electrons. The Bertz CT molecular complexity index is 971. The summed E-state index contributed by atoms with van der Waals surface area (Å²) in [5.41, 5.74) is 5.80. The Balaban J connectivity index is 1.87. The molecule has 0 N–H and O–H groups in total. The summed E-state index contributed by atoms with van der Waals surface area (Å²) in [5.74, 6) is 0.511. The minimum absolute atomic E-state index is 0.511. The molecule has 28 heavy (non-hydrogen) atoms. The van der Waals surface area contributed by atoms with E-state index in [9.17, 15) is 0 Å². The molecule has 0 saturated carbocycles. The van der Waals surface area contributed by atoms with Crippen molar-refractivity contribution >= 4 is 24.7 Å². The highest BCUT2D eigenvalue weighted by Crippen LogP contribution is 2.39.